The van der Waals surface area contributed by atoms with Crippen molar-refractivity contribution in [1.82, 2.24) is 0 Å². The van der Waals surface area contributed by atoms with E-state index in [4.69, 9.17) is 0 Å². The summed E-state index contributed by atoms with van der Waals surface area (Å²) < 4.78 is 0. The third-order valence-electron chi connectivity index (χ3n) is 3.80. The number of phenolic OH excluding ortho intramolecular Hbond substituents is 1. The second kappa shape index (κ2) is 3.39. The lowest BCUT2D eigenvalue weighted by atomic mass is 9.92. The molecule has 0 unspecified atom stereocenters. The van der Waals surface area contributed by atoms with Gasteiger partial charge in [0.15, 0.2) is 0 Å². The molecule has 1 aliphatic rings. The highest BCUT2D eigenvalue weighted by molar-refractivity contribution is 6.17. The number of benzene rings is 3. The molecule has 1 heterocycles. The SMILES string of the molecule is Oc1c2ccccc2c2c3c(cccc13)CCN2. The van der Waals surface area contributed by atoms with Crippen LogP contribution in [-0.4, -0.2) is 11.7 Å². The Hall–Kier alpha value is -2.22. The van der Waals surface area contributed by atoms with E-state index in [2.05, 4.69) is 17.4 Å². The number of anilines is 1. The Balaban J connectivity index is 2.35. The lowest BCUT2D eigenvalue weighted by Crippen LogP contribution is -2.11. The minimum absolute atomic E-state index is 0.398. The van der Waals surface area contributed by atoms with Gasteiger partial charge in [-0.3, -0.25) is 0 Å². The topological polar surface area (TPSA) is 32.3 Å². The first-order valence-corrected chi connectivity index (χ1v) is 6.25. The van der Waals surface area contributed by atoms with Gasteiger partial charge in [0.05, 0.1) is 5.69 Å². The summed E-state index contributed by atoms with van der Waals surface area (Å²) in [6, 6.07) is 14.2. The Bertz CT molecular complexity index is 777. The van der Waals surface area contributed by atoms with Crippen LogP contribution in [0.4, 0.5) is 5.69 Å². The Morgan fingerprint density at radius 2 is 1.67 bits per heavy atom. The van der Waals surface area contributed by atoms with Gasteiger partial charge < -0.3 is 10.4 Å². The quantitative estimate of drug-likeness (QED) is 0.460. The Kier molecular flexibility index (Phi) is 1.84. The molecule has 0 fully saturated rings. The van der Waals surface area contributed by atoms with Crippen LogP contribution in [-0.2, 0) is 6.42 Å². The maximum atomic E-state index is 10.5. The standard InChI is InChI=1S/C16H13NO/c18-16-12-6-2-1-5-11(12)15-14-10(8-9-17-15)4-3-7-13(14)16/h1-7,17-18H,8-9H2. The molecule has 0 saturated carbocycles. The molecule has 0 radical (unpaired) electrons. The number of phenols is 1. The molecule has 18 heavy (non-hydrogen) atoms. The van der Waals surface area contributed by atoms with E-state index in [1.807, 2.05) is 30.3 Å². The zero-order valence-corrected chi connectivity index (χ0v) is 9.90. The van der Waals surface area contributed by atoms with Crippen molar-refractivity contribution in [1.29, 1.82) is 0 Å². The van der Waals surface area contributed by atoms with E-state index in [9.17, 15) is 5.11 Å². The molecule has 0 saturated heterocycles. The summed E-state index contributed by atoms with van der Waals surface area (Å²) in [4.78, 5) is 0. The molecular formula is C16H13NO. The predicted molar refractivity (Wildman–Crippen MR) is 75.3 cm³/mol. The highest BCUT2D eigenvalue weighted by atomic mass is 16.3. The second-order valence-corrected chi connectivity index (χ2v) is 4.79. The summed E-state index contributed by atoms with van der Waals surface area (Å²) in [6.45, 7) is 0.959. The molecule has 2 N–H and O–H groups in total. The van der Waals surface area contributed by atoms with Gasteiger partial charge in [-0.1, -0.05) is 42.5 Å². The van der Waals surface area contributed by atoms with E-state index < -0.39 is 0 Å². The summed E-state index contributed by atoms with van der Waals surface area (Å²) in [5.41, 5.74) is 2.49. The third-order valence-corrected chi connectivity index (χ3v) is 3.80. The zero-order chi connectivity index (χ0) is 12.1. The van der Waals surface area contributed by atoms with E-state index in [1.165, 1.54) is 16.6 Å². The van der Waals surface area contributed by atoms with Gasteiger partial charge in [-0.2, -0.15) is 0 Å². The summed E-state index contributed by atoms with van der Waals surface area (Å²) in [7, 11) is 0. The number of hydrogen-bond acceptors (Lipinski definition) is 2. The van der Waals surface area contributed by atoms with Crippen LogP contribution < -0.4 is 5.32 Å². The number of rotatable bonds is 0. The van der Waals surface area contributed by atoms with Crippen LogP contribution in [0.3, 0.4) is 0 Å². The maximum absolute atomic E-state index is 10.5. The van der Waals surface area contributed by atoms with Crippen molar-refractivity contribution < 1.29 is 5.11 Å². The molecule has 0 aliphatic carbocycles. The van der Waals surface area contributed by atoms with Crippen LogP contribution in [0.1, 0.15) is 5.56 Å². The molecule has 0 atom stereocenters. The smallest absolute Gasteiger partial charge is 0.131 e. The van der Waals surface area contributed by atoms with Gasteiger partial charge in [-0.25, -0.2) is 0 Å². The van der Waals surface area contributed by atoms with Crippen LogP contribution in [0.15, 0.2) is 42.5 Å². The Labute approximate surface area is 105 Å². The van der Waals surface area contributed by atoms with Crippen LogP contribution >= 0.6 is 0 Å². The number of nitrogens with one attached hydrogen (secondary N) is 1. The van der Waals surface area contributed by atoms with E-state index in [0.29, 0.717) is 5.75 Å². The zero-order valence-electron chi connectivity index (χ0n) is 9.90. The van der Waals surface area contributed by atoms with Crippen molar-refractivity contribution in [2.75, 3.05) is 11.9 Å². The number of fused-ring (bicyclic) bond motifs is 2. The predicted octanol–water partition coefficient (Wildman–Crippen LogP) is 3.67. The average Bonchev–Trinajstić information content (AvgIpc) is 2.44. The number of hydrogen-bond donors (Lipinski definition) is 2. The fraction of sp³-hybridized carbons (Fsp3) is 0.125. The van der Waals surface area contributed by atoms with Gasteiger partial charge >= 0.3 is 0 Å². The minimum atomic E-state index is 0.398. The summed E-state index contributed by atoms with van der Waals surface area (Å²) in [6.07, 6.45) is 1.02. The van der Waals surface area contributed by atoms with E-state index in [1.54, 1.807) is 0 Å². The first-order valence-electron chi connectivity index (χ1n) is 6.25. The normalized spacial score (nSPS) is 13.8. The van der Waals surface area contributed by atoms with Crippen molar-refractivity contribution in [3.05, 3.63) is 48.0 Å². The molecule has 1 aliphatic heterocycles. The largest absolute Gasteiger partial charge is 0.507 e. The molecule has 0 bridgehead atoms. The molecule has 0 amide bonds. The molecule has 0 aromatic heterocycles. The van der Waals surface area contributed by atoms with Crippen LogP contribution in [0.2, 0.25) is 0 Å². The van der Waals surface area contributed by atoms with Crippen molar-refractivity contribution >= 4 is 27.2 Å². The highest BCUT2D eigenvalue weighted by Gasteiger charge is 2.18. The monoisotopic (exact) mass is 235 g/mol. The Morgan fingerprint density at radius 1 is 0.889 bits per heavy atom. The number of aromatic hydroxyl groups is 1. The van der Waals surface area contributed by atoms with Crippen molar-refractivity contribution in [2.24, 2.45) is 0 Å². The van der Waals surface area contributed by atoms with Gasteiger partial charge in [-0.05, 0) is 12.0 Å². The van der Waals surface area contributed by atoms with Gasteiger partial charge in [0.2, 0.25) is 0 Å². The van der Waals surface area contributed by atoms with Gasteiger partial charge in [0.1, 0.15) is 5.75 Å². The van der Waals surface area contributed by atoms with E-state index in [0.717, 1.165) is 29.1 Å². The summed E-state index contributed by atoms with van der Waals surface area (Å²) >= 11 is 0. The van der Waals surface area contributed by atoms with Crippen molar-refractivity contribution in [2.45, 2.75) is 6.42 Å². The summed E-state index contributed by atoms with van der Waals surface area (Å²) in [5, 5.41) is 18.1. The first-order chi connectivity index (χ1) is 8.86. The van der Waals surface area contributed by atoms with Crippen LogP contribution in [0, 0.1) is 0 Å². The van der Waals surface area contributed by atoms with Crippen molar-refractivity contribution in [3.63, 3.8) is 0 Å². The minimum Gasteiger partial charge on any atom is -0.507 e. The maximum Gasteiger partial charge on any atom is 0.131 e. The van der Waals surface area contributed by atoms with Crippen LogP contribution in [0.5, 0.6) is 5.75 Å². The fourth-order valence-corrected chi connectivity index (χ4v) is 2.99. The van der Waals surface area contributed by atoms with Gasteiger partial charge in [-0.15, -0.1) is 0 Å². The third kappa shape index (κ3) is 1.12. The van der Waals surface area contributed by atoms with Crippen molar-refractivity contribution in [3.8, 4) is 5.75 Å². The molecule has 2 nitrogen and oxygen atoms in total. The fourth-order valence-electron chi connectivity index (χ4n) is 2.99. The lowest BCUT2D eigenvalue weighted by Gasteiger charge is -2.22. The van der Waals surface area contributed by atoms with E-state index in [-0.39, 0.29) is 0 Å². The Morgan fingerprint density at radius 3 is 2.56 bits per heavy atom. The van der Waals surface area contributed by atoms with E-state index >= 15 is 0 Å². The molecular weight excluding hydrogens is 222 g/mol. The van der Waals surface area contributed by atoms with Crippen LogP contribution in [0.25, 0.3) is 21.5 Å². The molecule has 2 heteroatoms. The first kappa shape index (κ1) is 9.77. The molecule has 3 aromatic carbocycles. The molecule has 88 valence electrons. The molecule has 0 spiro atoms. The lowest BCUT2D eigenvalue weighted by molar-refractivity contribution is 0.488. The second-order valence-electron chi connectivity index (χ2n) is 4.79. The summed E-state index contributed by atoms with van der Waals surface area (Å²) in [5.74, 6) is 0.398. The van der Waals surface area contributed by atoms with Gasteiger partial charge in [0, 0.05) is 28.1 Å². The molecule has 4 rings (SSSR count). The average molecular weight is 235 g/mol. The van der Waals surface area contributed by atoms with Gasteiger partial charge in [0.25, 0.3) is 0 Å². The highest BCUT2D eigenvalue weighted by Crippen LogP contribution is 2.43. The molecule has 3 aromatic rings.